The van der Waals surface area contributed by atoms with Crippen molar-refractivity contribution in [2.45, 2.75) is 13.5 Å². The van der Waals surface area contributed by atoms with Crippen LogP contribution in [0.1, 0.15) is 20.2 Å². The Labute approximate surface area is 131 Å². The van der Waals surface area contributed by atoms with E-state index in [0.717, 1.165) is 10.6 Å². The molecule has 0 bridgehead atoms. The largest absolute Gasteiger partial charge is 0.508 e. The smallest absolute Gasteiger partial charge is 0.261 e. The molecule has 0 fully saturated rings. The fraction of sp³-hybridized carbons (Fsp3) is 0.133. The molecule has 0 aliphatic heterocycles. The number of aryl methyl sites for hydroxylation is 1. The number of thiophene rings is 1. The van der Waals surface area contributed by atoms with E-state index < -0.39 is 0 Å². The number of phenolic OH excluding ortho intramolecular Hbond substituents is 1. The topological polar surface area (TPSA) is 80.0 Å². The number of aromatic nitrogens is 3. The third-order valence-corrected chi connectivity index (χ3v) is 4.05. The quantitative estimate of drug-likeness (QED) is 0.774. The highest BCUT2D eigenvalue weighted by atomic mass is 32.1. The molecular formula is C15H14N4O2S. The van der Waals surface area contributed by atoms with Crippen LogP contribution in [0.15, 0.2) is 42.6 Å². The first-order valence-electron chi connectivity index (χ1n) is 6.67. The lowest BCUT2D eigenvalue weighted by Gasteiger charge is -2.00. The van der Waals surface area contributed by atoms with Crippen LogP contribution in [0.3, 0.4) is 0 Å². The van der Waals surface area contributed by atoms with Crippen molar-refractivity contribution >= 4 is 17.2 Å². The molecule has 0 saturated carbocycles. The lowest BCUT2D eigenvalue weighted by atomic mass is 10.3. The molecule has 0 spiro atoms. The molecule has 0 saturated heterocycles. The van der Waals surface area contributed by atoms with Crippen LogP contribution in [0, 0.1) is 6.92 Å². The van der Waals surface area contributed by atoms with Crippen molar-refractivity contribution in [3.8, 4) is 11.4 Å². The van der Waals surface area contributed by atoms with Crippen LogP contribution in [0.4, 0.5) is 0 Å². The summed E-state index contributed by atoms with van der Waals surface area (Å²) in [5.74, 6) is 0.0832. The molecule has 7 heteroatoms. The Morgan fingerprint density at radius 3 is 2.73 bits per heavy atom. The number of hydrogen-bond acceptors (Lipinski definition) is 5. The standard InChI is InChI=1S/C15H14N4O2S/c1-10-2-7-14(22-10)15(21)16-8-11-9-19(18-17-11)12-3-5-13(20)6-4-12/h2-7,9,20H,8H2,1H3,(H,16,21). The molecule has 22 heavy (non-hydrogen) atoms. The zero-order valence-corrected chi connectivity index (χ0v) is 12.7. The summed E-state index contributed by atoms with van der Waals surface area (Å²) in [5, 5.41) is 20.1. The van der Waals surface area contributed by atoms with Crippen LogP contribution in [0.25, 0.3) is 5.69 Å². The average molecular weight is 314 g/mol. The molecule has 2 N–H and O–H groups in total. The minimum atomic E-state index is -0.114. The Kier molecular flexibility index (Phi) is 3.88. The van der Waals surface area contributed by atoms with Gasteiger partial charge in [0.2, 0.25) is 0 Å². The summed E-state index contributed by atoms with van der Waals surface area (Å²) in [5.41, 5.74) is 1.45. The van der Waals surface area contributed by atoms with Gasteiger partial charge in [-0.25, -0.2) is 4.68 Å². The van der Waals surface area contributed by atoms with Crippen molar-refractivity contribution in [3.63, 3.8) is 0 Å². The van der Waals surface area contributed by atoms with Gasteiger partial charge >= 0.3 is 0 Å². The molecule has 1 amide bonds. The molecule has 0 atom stereocenters. The SMILES string of the molecule is Cc1ccc(C(=O)NCc2cn(-c3ccc(O)cc3)nn2)s1. The fourth-order valence-corrected chi connectivity index (χ4v) is 2.71. The van der Waals surface area contributed by atoms with Gasteiger partial charge in [0.1, 0.15) is 11.4 Å². The van der Waals surface area contributed by atoms with E-state index in [4.69, 9.17) is 0 Å². The summed E-state index contributed by atoms with van der Waals surface area (Å²) in [7, 11) is 0. The Morgan fingerprint density at radius 1 is 1.27 bits per heavy atom. The van der Waals surface area contributed by atoms with E-state index in [2.05, 4.69) is 15.6 Å². The van der Waals surface area contributed by atoms with Crippen LogP contribution >= 0.6 is 11.3 Å². The zero-order valence-electron chi connectivity index (χ0n) is 11.9. The summed E-state index contributed by atoms with van der Waals surface area (Å²) < 4.78 is 1.59. The molecule has 3 rings (SSSR count). The van der Waals surface area contributed by atoms with Crippen molar-refractivity contribution in [1.29, 1.82) is 0 Å². The number of rotatable bonds is 4. The van der Waals surface area contributed by atoms with E-state index in [9.17, 15) is 9.90 Å². The highest BCUT2D eigenvalue weighted by molar-refractivity contribution is 7.13. The van der Waals surface area contributed by atoms with Gasteiger partial charge in [-0.2, -0.15) is 0 Å². The zero-order chi connectivity index (χ0) is 15.5. The van der Waals surface area contributed by atoms with Crippen LogP contribution < -0.4 is 5.32 Å². The molecule has 2 aromatic heterocycles. The van der Waals surface area contributed by atoms with Gasteiger partial charge in [0.25, 0.3) is 5.91 Å². The van der Waals surface area contributed by atoms with Crippen LogP contribution in [-0.4, -0.2) is 26.0 Å². The molecule has 0 unspecified atom stereocenters. The summed E-state index contributed by atoms with van der Waals surface area (Å²) >= 11 is 1.46. The molecular weight excluding hydrogens is 300 g/mol. The van der Waals surface area contributed by atoms with Gasteiger partial charge in [-0.15, -0.1) is 16.4 Å². The maximum absolute atomic E-state index is 12.0. The van der Waals surface area contributed by atoms with Crippen molar-refractivity contribution < 1.29 is 9.90 Å². The highest BCUT2D eigenvalue weighted by Gasteiger charge is 2.09. The Hall–Kier alpha value is -2.67. The van der Waals surface area contributed by atoms with E-state index in [0.29, 0.717) is 17.1 Å². The van der Waals surface area contributed by atoms with E-state index >= 15 is 0 Å². The third-order valence-electron chi connectivity index (χ3n) is 3.05. The van der Waals surface area contributed by atoms with Gasteiger partial charge in [0.15, 0.2) is 0 Å². The molecule has 0 aliphatic rings. The number of hydrogen-bond donors (Lipinski definition) is 2. The second kappa shape index (κ2) is 5.98. The lowest BCUT2D eigenvalue weighted by molar-refractivity contribution is 0.0954. The number of amides is 1. The van der Waals surface area contributed by atoms with Gasteiger partial charge in [-0.05, 0) is 43.3 Å². The maximum atomic E-state index is 12.0. The first-order valence-corrected chi connectivity index (χ1v) is 7.49. The highest BCUT2D eigenvalue weighted by Crippen LogP contribution is 2.15. The van der Waals surface area contributed by atoms with Crippen LogP contribution in [0.2, 0.25) is 0 Å². The molecule has 6 nitrogen and oxygen atoms in total. The summed E-state index contributed by atoms with van der Waals surface area (Å²) in [4.78, 5) is 13.7. The summed E-state index contributed by atoms with van der Waals surface area (Å²) in [6.07, 6.45) is 1.74. The maximum Gasteiger partial charge on any atom is 0.261 e. The first kappa shape index (κ1) is 14.3. The number of nitrogens with zero attached hydrogens (tertiary/aromatic N) is 3. The van der Waals surface area contributed by atoms with Crippen molar-refractivity contribution in [1.82, 2.24) is 20.3 Å². The second-order valence-electron chi connectivity index (χ2n) is 4.76. The number of aromatic hydroxyl groups is 1. The van der Waals surface area contributed by atoms with Gasteiger partial charge in [0, 0.05) is 4.88 Å². The minimum absolute atomic E-state index is 0.114. The Balaban J connectivity index is 1.64. The molecule has 1 aromatic carbocycles. The number of carbonyl (C=O) groups is 1. The van der Waals surface area contributed by atoms with Gasteiger partial charge in [-0.3, -0.25) is 4.79 Å². The number of benzene rings is 1. The molecule has 3 aromatic rings. The normalized spacial score (nSPS) is 10.6. The summed E-state index contributed by atoms with van der Waals surface area (Å²) in [6.45, 7) is 2.28. The van der Waals surface area contributed by atoms with E-state index in [1.165, 1.54) is 11.3 Å². The van der Waals surface area contributed by atoms with Crippen molar-refractivity contribution in [3.05, 3.63) is 58.0 Å². The first-order chi connectivity index (χ1) is 10.6. The fourth-order valence-electron chi connectivity index (χ4n) is 1.93. The number of carbonyl (C=O) groups excluding carboxylic acids is 1. The Morgan fingerprint density at radius 2 is 2.05 bits per heavy atom. The van der Waals surface area contributed by atoms with Gasteiger partial charge in [0.05, 0.1) is 23.3 Å². The minimum Gasteiger partial charge on any atom is -0.508 e. The van der Waals surface area contributed by atoms with E-state index in [-0.39, 0.29) is 11.7 Å². The second-order valence-corrected chi connectivity index (χ2v) is 6.05. The predicted octanol–water partition coefficient (Wildman–Crippen LogP) is 2.27. The molecule has 112 valence electrons. The molecule has 2 heterocycles. The van der Waals surface area contributed by atoms with Crippen LogP contribution in [-0.2, 0) is 6.54 Å². The number of phenols is 1. The van der Waals surface area contributed by atoms with Crippen LogP contribution in [0.5, 0.6) is 5.75 Å². The van der Waals surface area contributed by atoms with Gasteiger partial charge < -0.3 is 10.4 Å². The lowest BCUT2D eigenvalue weighted by Crippen LogP contribution is -2.21. The molecule has 0 aliphatic carbocycles. The van der Waals surface area contributed by atoms with Crippen molar-refractivity contribution in [2.75, 3.05) is 0 Å². The van der Waals surface area contributed by atoms with Crippen molar-refractivity contribution in [2.24, 2.45) is 0 Å². The summed E-state index contributed by atoms with van der Waals surface area (Å²) in [6, 6.07) is 10.4. The monoisotopic (exact) mass is 314 g/mol. The average Bonchev–Trinajstić information content (AvgIpc) is 3.15. The number of nitrogens with one attached hydrogen (secondary N) is 1. The van der Waals surface area contributed by atoms with E-state index in [1.807, 2.05) is 19.1 Å². The van der Waals surface area contributed by atoms with E-state index in [1.54, 1.807) is 35.1 Å². The van der Waals surface area contributed by atoms with Gasteiger partial charge in [-0.1, -0.05) is 5.21 Å². The Bertz CT molecular complexity index is 792. The predicted molar refractivity (Wildman–Crippen MR) is 83.3 cm³/mol. The third kappa shape index (κ3) is 3.15. The molecule has 0 radical (unpaired) electrons.